The summed E-state index contributed by atoms with van der Waals surface area (Å²) < 4.78 is 10.8. The molecule has 1 fully saturated rings. The number of para-hydroxylation sites is 1. The lowest BCUT2D eigenvalue weighted by atomic mass is 9.80. The second-order valence-electron chi connectivity index (χ2n) is 6.11. The number of rotatable bonds is 7. The van der Waals surface area contributed by atoms with E-state index >= 15 is 0 Å². The Morgan fingerprint density at radius 3 is 2.73 bits per heavy atom. The van der Waals surface area contributed by atoms with Crippen LogP contribution in [0.5, 0.6) is 5.75 Å². The fourth-order valence-corrected chi connectivity index (χ4v) is 2.97. The molecule has 1 saturated heterocycles. The molecule has 1 aromatic carbocycles. The molecule has 0 radical (unpaired) electrons. The molecule has 1 aromatic rings. The highest BCUT2D eigenvalue weighted by atomic mass is 16.5. The number of ether oxygens (including phenoxy) is 2. The molecule has 0 amide bonds. The topological polar surface area (TPSA) is 41.9 Å². The van der Waals surface area contributed by atoms with Crippen molar-refractivity contribution in [3.8, 4) is 5.75 Å². The molecule has 1 aliphatic rings. The zero-order valence-corrected chi connectivity index (χ0v) is 13.6. The van der Waals surface area contributed by atoms with E-state index < -0.39 is 0 Å². The van der Waals surface area contributed by atoms with Crippen LogP contribution in [0.2, 0.25) is 0 Å². The normalized spacial score (nSPS) is 18.0. The third-order valence-electron chi connectivity index (χ3n) is 4.35. The number of likely N-dealkylation sites (N-methyl/N-ethyl adjacent to an activating group) is 1. The van der Waals surface area contributed by atoms with E-state index in [9.17, 15) is 5.11 Å². The van der Waals surface area contributed by atoms with Crippen molar-refractivity contribution in [3.63, 3.8) is 0 Å². The molecule has 1 aliphatic heterocycles. The predicted molar refractivity (Wildman–Crippen MR) is 89.1 cm³/mol. The molecule has 0 unspecified atom stereocenters. The molecular weight excluding hydrogens is 278 g/mol. The molecule has 2 rings (SSSR count). The van der Waals surface area contributed by atoms with Gasteiger partial charge in [-0.3, -0.25) is 0 Å². The Morgan fingerprint density at radius 1 is 1.32 bits per heavy atom. The van der Waals surface area contributed by atoms with Gasteiger partial charge in [-0.25, -0.2) is 0 Å². The predicted octanol–water partition coefficient (Wildman–Crippen LogP) is 2.43. The molecule has 0 saturated carbocycles. The van der Waals surface area contributed by atoms with Gasteiger partial charge in [0.2, 0.25) is 0 Å². The first-order chi connectivity index (χ1) is 10.7. The van der Waals surface area contributed by atoms with Crippen molar-refractivity contribution in [2.45, 2.75) is 12.8 Å². The van der Waals surface area contributed by atoms with Crippen molar-refractivity contribution in [3.05, 3.63) is 35.9 Å². The van der Waals surface area contributed by atoms with Gasteiger partial charge in [0.25, 0.3) is 0 Å². The summed E-state index contributed by atoms with van der Waals surface area (Å²) in [7, 11) is 3.79. The monoisotopic (exact) mass is 305 g/mol. The first-order valence-corrected chi connectivity index (χ1v) is 7.86. The van der Waals surface area contributed by atoms with E-state index in [1.165, 1.54) is 0 Å². The van der Waals surface area contributed by atoms with Crippen LogP contribution in [0.15, 0.2) is 30.3 Å². The van der Waals surface area contributed by atoms with E-state index in [2.05, 4.69) is 24.1 Å². The molecule has 0 bridgehead atoms. The highest BCUT2D eigenvalue weighted by Gasteiger charge is 2.32. The minimum absolute atomic E-state index is 0.00865. The van der Waals surface area contributed by atoms with Gasteiger partial charge in [-0.1, -0.05) is 30.4 Å². The second-order valence-corrected chi connectivity index (χ2v) is 6.11. The molecule has 1 heterocycles. The van der Waals surface area contributed by atoms with E-state index in [0.29, 0.717) is 0 Å². The maximum atomic E-state index is 9.75. The Balaban J connectivity index is 1.89. The Morgan fingerprint density at radius 2 is 2.05 bits per heavy atom. The molecule has 4 nitrogen and oxygen atoms in total. The smallest absolute Gasteiger partial charge is 0.126 e. The SMILES string of the molecule is COc1ccccc1/C=C/CN(C)CC1(CO)CCOCC1. The summed E-state index contributed by atoms with van der Waals surface area (Å²) in [5.74, 6) is 0.887. The van der Waals surface area contributed by atoms with Gasteiger partial charge in [-0.05, 0) is 26.0 Å². The fourth-order valence-electron chi connectivity index (χ4n) is 2.97. The van der Waals surface area contributed by atoms with Crippen molar-refractivity contribution in [2.24, 2.45) is 5.41 Å². The van der Waals surface area contributed by atoms with Gasteiger partial charge < -0.3 is 19.5 Å². The number of hydrogen-bond donors (Lipinski definition) is 1. The van der Waals surface area contributed by atoms with Crippen LogP contribution in [0, 0.1) is 5.41 Å². The lowest BCUT2D eigenvalue weighted by Crippen LogP contribution is -2.42. The number of benzene rings is 1. The van der Waals surface area contributed by atoms with Crippen molar-refractivity contribution in [1.82, 2.24) is 4.90 Å². The van der Waals surface area contributed by atoms with Gasteiger partial charge in [0.1, 0.15) is 5.75 Å². The van der Waals surface area contributed by atoms with Gasteiger partial charge in [-0.15, -0.1) is 0 Å². The van der Waals surface area contributed by atoms with Crippen LogP contribution >= 0.6 is 0 Å². The van der Waals surface area contributed by atoms with Crippen molar-refractivity contribution >= 4 is 6.08 Å². The molecule has 4 heteroatoms. The number of nitrogens with zero attached hydrogens (tertiary/aromatic N) is 1. The summed E-state index contributed by atoms with van der Waals surface area (Å²) >= 11 is 0. The summed E-state index contributed by atoms with van der Waals surface area (Å²) in [5, 5.41) is 9.75. The van der Waals surface area contributed by atoms with Crippen LogP contribution in [-0.4, -0.2) is 57.1 Å². The lowest BCUT2D eigenvalue weighted by molar-refractivity contribution is -0.0295. The number of aliphatic hydroxyl groups is 1. The first-order valence-electron chi connectivity index (χ1n) is 7.86. The van der Waals surface area contributed by atoms with E-state index in [4.69, 9.17) is 9.47 Å². The van der Waals surface area contributed by atoms with E-state index in [-0.39, 0.29) is 12.0 Å². The molecule has 0 aromatic heterocycles. The van der Waals surface area contributed by atoms with Crippen LogP contribution < -0.4 is 4.74 Å². The summed E-state index contributed by atoms with van der Waals surface area (Å²) in [4.78, 5) is 2.26. The summed E-state index contributed by atoms with van der Waals surface area (Å²) in [5.41, 5.74) is 1.08. The molecule has 0 spiro atoms. The standard InChI is InChI=1S/C18H27NO3/c1-19(14-18(15-20)9-12-22-13-10-18)11-5-7-16-6-3-4-8-17(16)21-2/h3-8,20H,9-15H2,1-2H3/b7-5+. The molecule has 1 N–H and O–H groups in total. The Bertz CT molecular complexity index is 481. The van der Waals surface area contributed by atoms with Crippen LogP contribution in [0.3, 0.4) is 0 Å². The summed E-state index contributed by atoms with van der Waals surface area (Å²) in [6, 6.07) is 7.99. The van der Waals surface area contributed by atoms with Crippen LogP contribution in [0.1, 0.15) is 18.4 Å². The average Bonchev–Trinajstić information content (AvgIpc) is 2.56. The third-order valence-corrected chi connectivity index (χ3v) is 4.35. The maximum absolute atomic E-state index is 9.75. The van der Waals surface area contributed by atoms with Crippen molar-refractivity contribution in [1.29, 1.82) is 0 Å². The van der Waals surface area contributed by atoms with Gasteiger partial charge in [-0.2, -0.15) is 0 Å². The zero-order valence-electron chi connectivity index (χ0n) is 13.6. The maximum Gasteiger partial charge on any atom is 0.126 e. The lowest BCUT2D eigenvalue weighted by Gasteiger charge is -2.38. The number of hydrogen-bond acceptors (Lipinski definition) is 4. The van der Waals surface area contributed by atoms with E-state index in [1.54, 1.807) is 7.11 Å². The summed E-state index contributed by atoms with van der Waals surface area (Å²) in [6.45, 7) is 3.48. The van der Waals surface area contributed by atoms with Gasteiger partial charge in [0.15, 0.2) is 0 Å². The average molecular weight is 305 g/mol. The van der Waals surface area contributed by atoms with Gasteiger partial charge in [0.05, 0.1) is 13.7 Å². The van der Waals surface area contributed by atoms with Crippen molar-refractivity contribution in [2.75, 3.05) is 47.1 Å². The molecule has 122 valence electrons. The van der Waals surface area contributed by atoms with Crippen molar-refractivity contribution < 1.29 is 14.6 Å². The van der Waals surface area contributed by atoms with E-state index in [0.717, 1.165) is 50.5 Å². The third kappa shape index (κ3) is 4.57. The Kier molecular flexibility index (Phi) is 6.43. The molecular formula is C18H27NO3. The second kappa shape index (κ2) is 8.32. The highest BCUT2D eigenvalue weighted by molar-refractivity contribution is 5.57. The fraction of sp³-hybridized carbons (Fsp3) is 0.556. The largest absolute Gasteiger partial charge is 0.496 e. The molecule has 22 heavy (non-hydrogen) atoms. The Labute approximate surface area is 133 Å². The quantitative estimate of drug-likeness (QED) is 0.840. The van der Waals surface area contributed by atoms with E-state index in [1.807, 2.05) is 24.3 Å². The highest BCUT2D eigenvalue weighted by Crippen LogP contribution is 2.30. The molecule has 0 atom stereocenters. The van der Waals surface area contributed by atoms with Gasteiger partial charge >= 0.3 is 0 Å². The van der Waals surface area contributed by atoms with Crippen LogP contribution in [0.4, 0.5) is 0 Å². The molecule has 0 aliphatic carbocycles. The van der Waals surface area contributed by atoms with Crippen LogP contribution in [0.25, 0.3) is 6.08 Å². The number of aliphatic hydroxyl groups excluding tert-OH is 1. The van der Waals surface area contributed by atoms with Crippen LogP contribution in [-0.2, 0) is 4.74 Å². The number of methoxy groups -OCH3 is 1. The minimum atomic E-state index is -0.00865. The zero-order chi connectivity index (χ0) is 15.8. The van der Waals surface area contributed by atoms with Gasteiger partial charge in [0, 0.05) is 37.3 Å². The summed E-state index contributed by atoms with van der Waals surface area (Å²) in [6.07, 6.45) is 6.10. The first kappa shape index (κ1) is 17.0. The minimum Gasteiger partial charge on any atom is -0.496 e. The Hall–Kier alpha value is -1.36.